The van der Waals surface area contributed by atoms with E-state index in [4.69, 9.17) is 4.74 Å². The number of methoxy groups -OCH3 is 1. The average Bonchev–Trinajstić information content (AvgIpc) is 2.83. The maximum absolute atomic E-state index is 5.05. The first-order chi connectivity index (χ1) is 7.79. The second-order valence-electron chi connectivity index (χ2n) is 3.41. The van der Waals surface area contributed by atoms with Crippen LogP contribution in [-0.2, 0) is 0 Å². The molecule has 5 heteroatoms. The Bertz CT molecular complexity index is 441. The molecule has 2 rings (SSSR count). The third kappa shape index (κ3) is 2.31. The third-order valence-corrected chi connectivity index (χ3v) is 2.23. The Balaban J connectivity index is 2.08. The van der Waals surface area contributed by atoms with Gasteiger partial charge in [-0.2, -0.15) is 4.98 Å². The van der Waals surface area contributed by atoms with E-state index < -0.39 is 0 Å². The Morgan fingerprint density at radius 3 is 3.00 bits per heavy atom. The summed E-state index contributed by atoms with van der Waals surface area (Å²) in [6, 6.07) is 5.67. The van der Waals surface area contributed by atoms with Crippen LogP contribution in [0.2, 0.25) is 0 Å². The maximum Gasteiger partial charge on any atom is 0.214 e. The van der Waals surface area contributed by atoms with Gasteiger partial charge in [-0.25, -0.2) is 4.98 Å². The Kier molecular flexibility index (Phi) is 3.05. The van der Waals surface area contributed by atoms with E-state index >= 15 is 0 Å². The molecule has 1 atom stereocenters. The number of imidazole rings is 1. The van der Waals surface area contributed by atoms with Crippen LogP contribution in [0.15, 0.2) is 30.6 Å². The summed E-state index contributed by atoms with van der Waals surface area (Å²) in [5.41, 5.74) is 0. The van der Waals surface area contributed by atoms with E-state index in [1.54, 1.807) is 19.5 Å². The number of aromatic amines is 1. The summed E-state index contributed by atoms with van der Waals surface area (Å²) < 4.78 is 5.05. The Labute approximate surface area is 93.9 Å². The SMILES string of the molecule is COc1cccc(NC(C)c2ncc[nH]2)n1. The van der Waals surface area contributed by atoms with Crippen molar-refractivity contribution in [2.75, 3.05) is 12.4 Å². The van der Waals surface area contributed by atoms with Crippen molar-refractivity contribution in [3.05, 3.63) is 36.4 Å². The highest BCUT2D eigenvalue weighted by Gasteiger charge is 2.07. The van der Waals surface area contributed by atoms with E-state index in [2.05, 4.69) is 20.3 Å². The first-order valence-electron chi connectivity index (χ1n) is 5.06. The lowest BCUT2D eigenvalue weighted by atomic mass is 10.3. The number of anilines is 1. The smallest absolute Gasteiger partial charge is 0.214 e. The van der Waals surface area contributed by atoms with E-state index in [-0.39, 0.29) is 6.04 Å². The van der Waals surface area contributed by atoms with E-state index in [1.807, 2.05) is 25.1 Å². The number of hydrogen-bond acceptors (Lipinski definition) is 4. The number of pyridine rings is 1. The molecule has 2 heterocycles. The van der Waals surface area contributed by atoms with Crippen molar-refractivity contribution >= 4 is 5.82 Å². The molecule has 0 saturated carbocycles. The van der Waals surface area contributed by atoms with Crippen LogP contribution in [0.5, 0.6) is 5.88 Å². The molecule has 0 spiro atoms. The number of nitrogens with zero attached hydrogens (tertiary/aromatic N) is 2. The fraction of sp³-hybridized carbons (Fsp3) is 0.273. The van der Waals surface area contributed by atoms with Crippen molar-refractivity contribution in [3.8, 4) is 5.88 Å². The van der Waals surface area contributed by atoms with Gasteiger partial charge in [-0.3, -0.25) is 0 Å². The van der Waals surface area contributed by atoms with Gasteiger partial charge >= 0.3 is 0 Å². The predicted octanol–water partition coefficient (Wildman–Crippen LogP) is 1.99. The molecule has 0 amide bonds. The molecule has 0 aromatic carbocycles. The minimum Gasteiger partial charge on any atom is -0.481 e. The van der Waals surface area contributed by atoms with Crippen molar-refractivity contribution in [1.82, 2.24) is 15.0 Å². The Morgan fingerprint density at radius 1 is 1.44 bits per heavy atom. The van der Waals surface area contributed by atoms with Crippen LogP contribution >= 0.6 is 0 Å². The molecular formula is C11H14N4O. The third-order valence-electron chi connectivity index (χ3n) is 2.23. The molecule has 0 radical (unpaired) electrons. The average molecular weight is 218 g/mol. The molecule has 16 heavy (non-hydrogen) atoms. The Morgan fingerprint density at radius 2 is 2.31 bits per heavy atom. The summed E-state index contributed by atoms with van der Waals surface area (Å²) in [4.78, 5) is 11.5. The number of aromatic nitrogens is 3. The van der Waals surface area contributed by atoms with Gasteiger partial charge in [0, 0.05) is 18.5 Å². The van der Waals surface area contributed by atoms with E-state index in [1.165, 1.54) is 0 Å². The molecule has 0 aliphatic rings. The minimum absolute atomic E-state index is 0.0783. The van der Waals surface area contributed by atoms with Crippen LogP contribution < -0.4 is 10.1 Å². The van der Waals surface area contributed by atoms with Gasteiger partial charge in [-0.1, -0.05) is 6.07 Å². The standard InChI is InChI=1S/C11H14N4O/c1-8(11-12-6-7-13-11)14-9-4-3-5-10(15-9)16-2/h3-8H,1-2H3,(H,12,13)(H,14,15). The van der Waals surface area contributed by atoms with Crippen molar-refractivity contribution < 1.29 is 4.74 Å². The highest BCUT2D eigenvalue weighted by Crippen LogP contribution is 2.16. The molecule has 5 nitrogen and oxygen atoms in total. The lowest BCUT2D eigenvalue weighted by Gasteiger charge is -2.12. The van der Waals surface area contributed by atoms with Gasteiger partial charge in [-0.05, 0) is 13.0 Å². The highest BCUT2D eigenvalue weighted by atomic mass is 16.5. The fourth-order valence-electron chi connectivity index (χ4n) is 1.41. The molecule has 1 unspecified atom stereocenters. The predicted molar refractivity (Wildman–Crippen MR) is 61.4 cm³/mol. The van der Waals surface area contributed by atoms with E-state index in [0.717, 1.165) is 11.6 Å². The molecule has 2 aromatic heterocycles. The van der Waals surface area contributed by atoms with Crippen molar-refractivity contribution in [1.29, 1.82) is 0 Å². The van der Waals surface area contributed by atoms with Crippen LogP contribution in [0.4, 0.5) is 5.82 Å². The molecule has 0 saturated heterocycles. The Hall–Kier alpha value is -2.04. The topological polar surface area (TPSA) is 62.8 Å². The zero-order valence-electron chi connectivity index (χ0n) is 9.27. The van der Waals surface area contributed by atoms with E-state index in [9.17, 15) is 0 Å². The molecule has 2 N–H and O–H groups in total. The minimum atomic E-state index is 0.0783. The van der Waals surface area contributed by atoms with Crippen LogP contribution in [0.1, 0.15) is 18.8 Å². The van der Waals surface area contributed by atoms with Gasteiger partial charge in [-0.15, -0.1) is 0 Å². The second kappa shape index (κ2) is 4.65. The van der Waals surface area contributed by atoms with Gasteiger partial charge in [0.2, 0.25) is 5.88 Å². The van der Waals surface area contributed by atoms with Crippen molar-refractivity contribution in [2.45, 2.75) is 13.0 Å². The van der Waals surface area contributed by atoms with Crippen LogP contribution in [0, 0.1) is 0 Å². The van der Waals surface area contributed by atoms with Crippen LogP contribution in [0.25, 0.3) is 0 Å². The van der Waals surface area contributed by atoms with Crippen LogP contribution in [0.3, 0.4) is 0 Å². The zero-order valence-corrected chi connectivity index (χ0v) is 9.27. The molecule has 0 fully saturated rings. The monoisotopic (exact) mass is 218 g/mol. The zero-order chi connectivity index (χ0) is 11.4. The van der Waals surface area contributed by atoms with Gasteiger partial charge in [0.15, 0.2) is 0 Å². The number of rotatable bonds is 4. The molecular weight excluding hydrogens is 204 g/mol. The summed E-state index contributed by atoms with van der Waals surface area (Å²) in [6.07, 6.45) is 3.53. The molecule has 2 aromatic rings. The fourth-order valence-corrected chi connectivity index (χ4v) is 1.41. The van der Waals surface area contributed by atoms with Crippen LogP contribution in [-0.4, -0.2) is 22.1 Å². The number of nitrogens with one attached hydrogen (secondary N) is 2. The quantitative estimate of drug-likeness (QED) is 0.823. The molecule has 0 aliphatic carbocycles. The lowest BCUT2D eigenvalue weighted by molar-refractivity contribution is 0.398. The number of hydrogen-bond donors (Lipinski definition) is 2. The van der Waals surface area contributed by atoms with Crippen molar-refractivity contribution in [2.24, 2.45) is 0 Å². The van der Waals surface area contributed by atoms with Gasteiger partial charge < -0.3 is 15.0 Å². The van der Waals surface area contributed by atoms with Gasteiger partial charge in [0.1, 0.15) is 11.6 Å². The van der Waals surface area contributed by atoms with E-state index in [0.29, 0.717) is 5.88 Å². The summed E-state index contributed by atoms with van der Waals surface area (Å²) in [5.74, 6) is 2.24. The second-order valence-corrected chi connectivity index (χ2v) is 3.41. The summed E-state index contributed by atoms with van der Waals surface area (Å²) in [5, 5.41) is 3.23. The summed E-state index contributed by atoms with van der Waals surface area (Å²) in [7, 11) is 1.60. The first-order valence-corrected chi connectivity index (χ1v) is 5.06. The summed E-state index contributed by atoms with van der Waals surface area (Å²) >= 11 is 0. The van der Waals surface area contributed by atoms with Crippen molar-refractivity contribution in [3.63, 3.8) is 0 Å². The number of H-pyrrole nitrogens is 1. The molecule has 0 aliphatic heterocycles. The van der Waals surface area contributed by atoms with Gasteiger partial charge in [0.05, 0.1) is 13.2 Å². The highest BCUT2D eigenvalue weighted by molar-refractivity contribution is 5.38. The maximum atomic E-state index is 5.05. The molecule has 0 bridgehead atoms. The number of ether oxygens (including phenoxy) is 1. The first kappa shape index (κ1) is 10.5. The molecule has 84 valence electrons. The summed E-state index contributed by atoms with van der Waals surface area (Å²) in [6.45, 7) is 2.01. The largest absolute Gasteiger partial charge is 0.481 e. The van der Waals surface area contributed by atoms with Gasteiger partial charge in [0.25, 0.3) is 0 Å². The normalized spacial score (nSPS) is 12.1. The lowest BCUT2D eigenvalue weighted by Crippen LogP contribution is -2.09.